The minimum absolute atomic E-state index is 0.0285. The Morgan fingerprint density at radius 1 is 1.24 bits per heavy atom. The summed E-state index contributed by atoms with van der Waals surface area (Å²) in [5.41, 5.74) is -3.24. The first kappa shape index (κ1) is 25.0. The maximum absolute atomic E-state index is 14.5. The zero-order valence-corrected chi connectivity index (χ0v) is 18.6. The van der Waals surface area contributed by atoms with Crippen LogP contribution >= 0.6 is 11.6 Å². The highest BCUT2D eigenvalue weighted by Gasteiger charge is 2.46. The molecule has 180 valence electrons. The number of pyridine rings is 1. The number of esters is 1. The number of amides is 2. The van der Waals surface area contributed by atoms with Crippen LogP contribution in [0.25, 0.3) is 0 Å². The number of nitrogens with one attached hydrogen (secondary N) is 2. The van der Waals surface area contributed by atoms with Gasteiger partial charge in [-0.1, -0.05) is 24.4 Å². The largest absolute Gasteiger partial charge is 0.469 e. The SMILES string of the molecule is COC(=O)C[C@](NC(=O)NC1CCCC1)(C1=CC(C(F)(F)F)=CC(F)C1)c1ccc(Cl)cn1. The monoisotopic (exact) mass is 489 g/mol. The van der Waals surface area contributed by atoms with Crippen LogP contribution in [0.5, 0.6) is 0 Å². The number of urea groups is 1. The Bertz CT molecular complexity index is 943. The van der Waals surface area contributed by atoms with Crippen molar-refractivity contribution < 1.29 is 31.9 Å². The first-order valence-corrected chi connectivity index (χ1v) is 10.8. The summed E-state index contributed by atoms with van der Waals surface area (Å²) >= 11 is 5.92. The lowest BCUT2D eigenvalue weighted by Crippen LogP contribution is -2.54. The van der Waals surface area contributed by atoms with Gasteiger partial charge in [0.15, 0.2) is 0 Å². The van der Waals surface area contributed by atoms with Crippen molar-refractivity contribution in [2.45, 2.75) is 62.5 Å². The first-order chi connectivity index (χ1) is 15.5. The molecule has 0 spiro atoms. The van der Waals surface area contributed by atoms with Crippen LogP contribution in [0.15, 0.2) is 41.6 Å². The van der Waals surface area contributed by atoms with E-state index in [1.54, 1.807) is 0 Å². The van der Waals surface area contributed by atoms with Gasteiger partial charge in [-0.2, -0.15) is 13.2 Å². The van der Waals surface area contributed by atoms with E-state index in [0.717, 1.165) is 38.9 Å². The molecule has 1 aromatic rings. The number of allylic oxidation sites excluding steroid dienone is 3. The van der Waals surface area contributed by atoms with E-state index >= 15 is 0 Å². The highest BCUT2D eigenvalue weighted by Crippen LogP contribution is 2.42. The molecule has 0 radical (unpaired) electrons. The second kappa shape index (κ2) is 10.1. The molecular formula is C22H24ClF4N3O3. The molecular weight excluding hydrogens is 466 g/mol. The molecule has 0 aliphatic heterocycles. The standard InChI is InChI=1S/C22H24ClF4N3O3/c1-33-19(31)11-21(18-7-6-15(23)12-28-18,30-20(32)29-17-4-2-3-5-17)13-8-14(22(25,26)27)10-16(24)9-13/h6-8,10,12,16-17H,2-5,9,11H2,1H3,(H2,29,30,32)/t16?,21-/m0/s1. The number of nitrogens with zero attached hydrogens (tertiary/aromatic N) is 1. The predicted octanol–water partition coefficient (Wildman–Crippen LogP) is 4.89. The number of carbonyl (C=O) groups is 2. The molecule has 2 amide bonds. The fraction of sp³-hybridized carbons (Fsp3) is 0.500. The van der Waals surface area contributed by atoms with E-state index in [0.29, 0.717) is 6.08 Å². The van der Waals surface area contributed by atoms with Crippen LogP contribution in [0.1, 0.15) is 44.2 Å². The Labute approximate surface area is 193 Å². The molecule has 2 atom stereocenters. The quantitative estimate of drug-likeness (QED) is 0.440. The fourth-order valence-corrected chi connectivity index (χ4v) is 4.30. The van der Waals surface area contributed by atoms with E-state index in [1.807, 2.05) is 0 Å². The fourth-order valence-electron chi connectivity index (χ4n) is 4.19. The van der Waals surface area contributed by atoms with Gasteiger partial charge in [0.1, 0.15) is 11.7 Å². The molecule has 0 bridgehead atoms. The maximum Gasteiger partial charge on any atom is 0.416 e. The Hall–Kier alpha value is -2.62. The summed E-state index contributed by atoms with van der Waals surface area (Å²) in [6, 6.07) is 1.98. The number of rotatable bonds is 6. The number of hydrogen-bond donors (Lipinski definition) is 2. The van der Waals surface area contributed by atoms with Crippen molar-refractivity contribution in [3.8, 4) is 0 Å². The molecule has 2 aliphatic carbocycles. The third-order valence-corrected chi connectivity index (χ3v) is 6.02. The van der Waals surface area contributed by atoms with Gasteiger partial charge in [0.25, 0.3) is 0 Å². The Morgan fingerprint density at radius 3 is 2.52 bits per heavy atom. The summed E-state index contributed by atoms with van der Waals surface area (Å²) in [7, 11) is 1.11. The maximum atomic E-state index is 14.5. The molecule has 11 heteroatoms. The molecule has 0 aromatic carbocycles. The number of ether oxygens (including phenoxy) is 1. The van der Waals surface area contributed by atoms with E-state index in [2.05, 4.69) is 15.6 Å². The molecule has 2 aliphatic rings. The van der Waals surface area contributed by atoms with Gasteiger partial charge in [-0.3, -0.25) is 9.78 Å². The van der Waals surface area contributed by atoms with E-state index < -0.39 is 48.3 Å². The lowest BCUT2D eigenvalue weighted by Gasteiger charge is -2.38. The smallest absolute Gasteiger partial charge is 0.416 e. The molecule has 1 aromatic heterocycles. The van der Waals surface area contributed by atoms with Gasteiger partial charge >= 0.3 is 18.2 Å². The van der Waals surface area contributed by atoms with Crippen molar-refractivity contribution in [3.05, 3.63) is 52.3 Å². The molecule has 2 N–H and O–H groups in total. The van der Waals surface area contributed by atoms with E-state index in [9.17, 15) is 27.2 Å². The molecule has 1 saturated carbocycles. The number of halogens is 5. The van der Waals surface area contributed by atoms with Gasteiger partial charge in [0.05, 0.1) is 29.8 Å². The highest BCUT2D eigenvalue weighted by molar-refractivity contribution is 6.30. The van der Waals surface area contributed by atoms with Gasteiger partial charge in [0.2, 0.25) is 0 Å². The van der Waals surface area contributed by atoms with Crippen LogP contribution in [0.2, 0.25) is 5.02 Å². The van der Waals surface area contributed by atoms with Crippen LogP contribution < -0.4 is 10.6 Å². The third kappa shape index (κ3) is 6.04. The van der Waals surface area contributed by atoms with Crippen LogP contribution in [0.4, 0.5) is 22.4 Å². The van der Waals surface area contributed by atoms with E-state index in [-0.39, 0.29) is 22.3 Å². The lowest BCUT2D eigenvalue weighted by molar-refractivity contribution is -0.142. The van der Waals surface area contributed by atoms with Crippen molar-refractivity contribution in [2.24, 2.45) is 0 Å². The second-order valence-electron chi connectivity index (χ2n) is 8.11. The molecule has 1 fully saturated rings. The summed E-state index contributed by atoms with van der Waals surface area (Å²) in [6.07, 6.45) is -2.04. The molecule has 33 heavy (non-hydrogen) atoms. The zero-order valence-electron chi connectivity index (χ0n) is 17.8. The van der Waals surface area contributed by atoms with Crippen LogP contribution in [-0.4, -0.2) is 42.5 Å². The summed E-state index contributed by atoms with van der Waals surface area (Å²) in [6.45, 7) is 0. The van der Waals surface area contributed by atoms with E-state index in [4.69, 9.17) is 16.3 Å². The topological polar surface area (TPSA) is 80.3 Å². The van der Waals surface area contributed by atoms with Gasteiger partial charge in [0, 0.05) is 18.7 Å². The Morgan fingerprint density at radius 2 is 1.94 bits per heavy atom. The molecule has 0 saturated heterocycles. The Balaban J connectivity index is 2.12. The van der Waals surface area contributed by atoms with Gasteiger partial charge in [-0.05, 0) is 42.7 Å². The van der Waals surface area contributed by atoms with Crippen molar-refractivity contribution in [1.82, 2.24) is 15.6 Å². The third-order valence-electron chi connectivity index (χ3n) is 5.80. The lowest BCUT2D eigenvalue weighted by atomic mass is 9.77. The molecule has 1 unspecified atom stereocenters. The van der Waals surface area contributed by atoms with E-state index in [1.165, 1.54) is 18.3 Å². The van der Waals surface area contributed by atoms with Crippen molar-refractivity contribution >= 4 is 23.6 Å². The molecule has 1 heterocycles. The number of hydrogen-bond acceptors (Lipinski definition) is 4. The van der Waals surface area contributed by atoms with Crippen molar-refractivity contribution in [3.63, 3.8) is 0 Å². The van der Waals surface area contributed by atoms with Crippen LogP contribution in [-0.2, 0) is 15.1 Å². The normalized spacial score (nSPS) is 21.0. The van der Waals surface area contributed by atoms with Crippen molar-refractivity contribution in [2.75, 3.05) is 7.11 Å². The summed E-state index contributed by atoms with van der Waals surface area (Å²) in [5.74, 6) is -0.827. The van der Waals surface area contributed by atoms with Gasteiger partial charge < -0.3 is 15.4 Å². The minimum atomic E-state index is -4.83. The second-order valence-corrected chi connectivity index (χ2v) is 8.55. The predicted molar refractivity (Wildman–Crippen MR) is 113 cm³/mol. The summed E-state index contributed by atoms with van der Waals surface area (Å²) in [4.78, 5) is 29.5. The average Bonchev–Trinajstić information content (AvgIpc) is 3.25. The van der Waals surface area contributed by atoms with Crippen LogP contribution in [0, 0.1) is 0 Å². The molecule has 6 nitrogen and oxygen atoms in total. The zero-order chi connectivity index (χ0) is 24.2. The summed E-state index contributed by atoms with van der Waals surface area (Å²) in [5, 5.41) is 5.65. The minimum Gasteiger partial charge on any atom is -0.469 e. The Kier molecular flexibility index (Phi) is 7.66. The van der Waals surface area contributed by atoms with Gasteiger partial charge in [-0.15, -0.1) is 0 Å². The summed E-state index contributed by atoms with van der Waals surface area (Å²) < 4.78 is 59.7. The van der Waals surface area contributed by atoms with Crippen molar-refractivity contribution in [1.29, 1.82) is 0 Å². The van der Waals surface area contributed by atoms with Gasteiger partial charge in [-0.25, -0.2) is 9.18 Å². The average molecular weight is 490 g/mol. The first-order valence-electron chi connectivity index (χ1n) is 10.4. The molecule has 3 rings (SSSR count). The highest BCUT2D eigenvalue weighted by atomic mass is 35.5. The number of methoxy groups -OCH3 is 1. The number of alkyl halides is 4. The number of aromatic nitrogens is 1. The number of carbonyl (C=O) groups excluding carboxylic acids is 2. The van der Waals surface area contributed by atoms with Crippen LogP contribution in [0.3, 0.4) is 0 Å².